The first-order chi connectivity index (χ1) is 9.79. The van der Waals surface area contributed by atoms with Gasteiger partial charge in [-0.25, -0.2) is 0 Å². The molecule has 0 aliphatic carbocycles. The summed E-state index contributed by atoms with van der Waals surface area (Å²) in [6.45, 7) is 3.24. The minimum Gasteiger partial charge on any atom is -0.479 e. The van der Waals surface area contributed by atoms with Crippen LogP contribution < -0.4 is 10.1 Å². The van der Waals surface area contributed by atoms with Gasteiger partial charge in [0, 0.05) is 19.1 Å². The molecule has 1 aliphatic heterocycles. The molecule has 0 bridgehead atoms. The Kier molecular flexibility index (Phi) is 5.85. The molecule has 1 heterocycles. The molecule has 1 N–H and O–H groups in total. The van der Waals surface area contributed by atoms with Crippen molar-refractivity contribution in [1.29, 1.82) is 5.26 Å². The summed E-state index contributed by atoms with van der Waals surface area (Å²) in [4.78, 5) is 2.45. The predicted molar refractivity (Wildman–Crippen MR) is 79.5 cm³/mol. The van der Waals surface area contributed by atoms with Gasteiger partial charge < -0.3 is 15.0 Å². The molecule has 1 atom stereocenters. The maximum absolute atomic E-state index is 8.45. The van der Waals surface area contributed by atoms with Gasteiger partial charge in [-0.3, -0.25) is 0 Å². The SMILES string of the molecule is CN1CCCCC1CNCc1ccc(OCC#N)cc1. The van der Waals surface area contributed by atoms with Gasteiger partial charge >= 0.3 is 0 Å². The quantitative estimate of drug-likeness (QED) is 0.863. The topological polar surface area (TPSA) is 48.3 Å². The molecular formula is C16H23N3O. The standard InChI is InChI=1S/C16H23N3O/c1-19-10-3-2-4-15(19)13-18-12-14-5-7-16(8-6-14)20-11-9-17/h5-8,15,18H,2-4,10-13H2,1H3. The molecule has 0 saturated carbocycles. The number of hydrogen-bond donors (Lipinski definition) is 1. The predicted octanol–water partition coefficient (Wildman–Crippen LogP) is 2.16. The van der Waals surface area contributed by atoms with Crippen molar-refractivity contribution in [2.75, 3.05) is 26.7 Å². The van der Waals surface area contributed by atoms with Crippen LogP contribution in [0, 0.1) is 11.3 Å². The molecule has 108 valence electrons. The average Bonchev–Trinajstić information content (AvgIpc) is 2.48. The molecule has 2 rings (SSSR count). The summed E-state index contributed by atoms with van der Waals surface area (Å²) in [6, 6.07) is 10.6. The number of nitrogens with one attached hydrogen (secondary N) is 1. The number of rotatable bonds is 6. The lowest BCUT2D eigenvalue weighted by Crippen LogP contribution is -2.42. The smallest absolute Gasteiger partial charge is 0.174 e. The van der Waals surface area contributed by atoms with Crippen molar-refractivity contribution in [3.63, 3.8) is 0 Å². The van der Waals surface area contributed by atoms with E-state index in [1.165, 1.54) is 31.4 Å². The molecule has 1 fully saturated rings. The Bertz CT molecular complexity index is 438. The lowest BCUT2D eigenvalue weighted by molar-refractivity contribution is 0.181. The number of likely N-dealkylation sites (N-methyl/N-ethyl adjacent to an activating group) is 1. The normalized spacial score (nSPS) is 19.5. The fourth-order valence-corrected chi connectivity index (χ4v) is 2.60. The van der Waals surface area contributed by atoms with E-state index in [0.717, 1.165) is 18.8 Å². The number of hydrogen-bond acceptors (Lipinski definition) is 4. The maximum atomic E-state index is 8.45. The maximum Gasteiger partial charge on any atom is 0.174 e. The minimum absolute atomic E-state index is 0.103. The second-order valence-electron chi connectivity index (χ2n) is 5.35. The van der Waals surface area contributed by atoms with Gasteiger partial charge in [-0.05, 0) is 44.1 Å². The number of benzene rings is 1. The summed E-state index contributed by atoms with van der Waals surface area (Å²) in [5.41, 5.74) is 1.24. The van der Waals surface area contributed by atoms with E-state index >= 15 is 0 Å². The summed E-state index contributed by atoms with van der Waals surface area (Å²) < 4.78 is 5.24. The highest BCUT2D eigenvalue weighted by molar-refractivity contribution is 5.27. The number of ether oxygens (including phenoxy) is 1. The first-order valence-corrected chi connectivity index (χ1v) is 7.29. The van der Waals surface area contributed by atoms with E-state index in [9.17, 15) is 0 Å². The Morgan fingerprint density at radius 3 is 2.85 bits per heavy atom. The van der Waals surface area contributed by atoms with Gasteiger partial charge in [-0.1, -0.05) is 18.6 Å². The van der Waals surface area contributed by atoms with Gasteiger partial charge in [-0.15, -0.1) is 0 Å². The molecule has 1 aromatic rings. The largest absolute Gasteiger partial charge is 0.479 e. The molecule has 0 spiro atoms. The fraction of sp³-hybridized carbons (Fsp3) is 0.562. The summed E-state index contributed by atoms with van der Waals surface area (Å²) in [6.07, 6.45) is 3.98. The lowest BCUT2D eigenvalue weighted by atomic mass is 10.0. The van der Waals surface area contributed by atoms with Crippen molar-refractivity contribution in [3.8, 4) is 11.8 Å². The molecule has 1 aromatic carbocycles. The molecule has 4 nitrogen and oxygen atoms in total. The van der Waals surface area contributed by atoms with Gasteiger partial charge in [0.15, 0.2) is 6.61 Å². The van der Waals surface area contributed by atoms with Crippen LogP contribution in [0.25, 0.3) is 0 Å². The molecular weight excluding hydrogens is 250 g/mol. The molecule has 0 aromatic heterocycles. The lowest BCUT2D eigenvalue weighted by Gasteiger charge is -2.32. The number of likely N-dealkylation sites (tertiary alicyclic amines) is 1. The van der Waals surface area contributed by atoms with Gasteiger partial charge in [0.25, 0.3) is 0 Å². The van der Waals surface area contributed by atoms with Gasteiger partial charge in [0.2, 0.25) is 0 Å². The molecule has 20 heavy (non-hydrogen) atoms. The molecule has 0 amide bonds. The Hall–Kier alpha value is -1.57. The first-order valence-electron chi connectivity index (χ1n) is 7.29. The Labute approximate surface area is 121 Å². The van der Waals surface area contributed by atoms with E-state index in [0.29, 0.717) is 6.04 Å². The zero-order valence-electron chi connectivity index (χ0n) is 12.1. The third-order valence-corrected chi connectivity index (χ3v) is 3.86. The third kappa shape index (κ3) is 4.52. The van der Waals surface area contributed by atoms with Crippen molar-refractivity contribution in [2.45, 2.75) is 31.8 Å². The molecule has 1 aliphatic rings. The summed E-state index contributed by atoms with van der Waals surface area (Å²) in [5, 5.41) is 12.0. The zero-order valence-corrected chi connectivity index (χ0v) is 12.1. The van der Waals surface area contributed by atoms with Gasteiger partial charge in [-0.2, -0.15) is 5.26 Å². The van der Waals surface area contributed by atoms with Gasteiger partial charge in [0.05, 0.1) is 0 Å². The third-order valence-electron chi connectivity index (χ3n) is 3.86. The summed E-state index contributed by atoms with van der Waals surface area (Å²) in [7, 11) is 2.22. The van der Waals surface area contributed by atoms with Crippen LogP contribution in [0.3, 0.4) is 0 Å². The molecule has 0 radical (unpaired) electrons. The zero-order chi connectivity index (χ0) is 14.2. The van der Waals surface area contributed by atoms with Crippen molar-refractivity contribution < 1.29 is 4.74 Å². The van der Waals surface area contributed by atoms with E-state index in [1.807, 2.05) is 30.3 Å². The van der Waals surface area contributed by atoms with Crippen LogP contribution in [-0.4, -0.2) is 37.7 Å². The van der Waals surface area contributed by atoms with Crippen LogP contribution in [0.1, 0.15) is 24.8 Å². The molecule has 1 unspecified atom stereocenters. The summed E-state index contributed by atoms with van der Waals surface area (Å²) in [5.74, 6) is 0.752. The summed E-state index contributed by atoms with van der Waals surface area (Å²) >= 11 is 0. The van der Waals surface area contributed by atoms with Crippen molar-refractivity contribution >= 4 is 0 Å². The van der Waals surface area contributed by atoms with Crippen molar-refractivity contribution in [2.24, 2.45) is 0 Å². The van der Waals surface area contributed by atoms with Crippen LogP contribution in [0.4, 0.5) is 0 Å². The number of nitriles is 1. The van der Waals surface area contributed by atoms with Crippen LogP contribution in [0.5, 0.6) is 5.75 Å². The fourth-order valence-electron chi connectivity index (χ4n) is 2.60. The monoisotopic (exact) mass is 273 g/mol. The van der Waals surface area contributed by atoms with Crippen LogP contribution in [0.2, 0.25) is 0 Å². The second-order valence-corrected chi connectivity index (χ2v) is 5.35. The highest BCUT2D eigenvalue weighted by atomic mass is 16.5. The van der Waals surface area contributed by atoms with E-state index in [2.05, 4.69) is 17.3 Å². The van der Waals surface area contributed by atoms with Crippen LogP contribution >= 0.6 is 0 Å². The molecule has 1 saturated heterocycles. The highest BCUT2D eigenvalue weighted by Crippen LogP contribution is 2.15. The second kappa shape index (κ2) is 7.88. The number of piperidine rings is 1. The Balaban J connectivity index is 1.72. The molecule has 4 heteroatoms. The Morgan fingerprint density at radius 1 is 1.35 bits per heavy atom. The van der Waals surface area contributed by atoms with E-state index in [1.54, 1.807) is 0 Å². The first kappa shape index (κ1) is 14.8. The minimum atomic E-state index is 0.103. The Morgan fingerprint density at radius 2 is 2.15 bits per heavy atom. The highest BCUT2D eigenvalue weighted by Gasteiger charge is 2.17. The van der Waals surface area contributed by atoms with Crippen molar-refractivity contribution in [1.82, 2.24) is 10.2 Å². The van der Waals surface area contributed by atoms with Crippen LogP contribution in [-0.2, 0) is 6.54 Å². The van der Waals surface area contributed by atoms with Crippen LogP contribution in [0.15, 0.2) is 24.3 Å². The average molecular weight is 273 g/mol. The van der Waals surface area contributed by atoms with E-state index < -0.39 is 0 Å². The van der Waals surface area contributed by atoms with E-state index in [4.69, 9.17) is 10.00 Å². The van der Waals surface area contributed by atoms with E-state index in [-0.39, 0.29) is 6.61 Å². The van der Waals surface area contributed by atoms with Gasteiger partial charge in [0.1, 0.15) is 11.8 Å². The van der Waals surface area contributed by atoms with Crippen molar-refractivity contribution in [3.05, 3.63) is 29.8 Å². The number of nitrogens with zero attached hydrogens (tertiary/aromatic N) is 2.